The molecule has 0 aliphatic rings. The highest BCUT2D eigenvalue weighted by atomic mass is 32.2. The van der Waals surface area contributed by atoms with Gasteiger partial charge in [-0.1, -0.05) is 18.3 Å². The van der Waals surface area contributed by atoms with Gasteiger partial charge in [0.05, 0.1) is 11.5 Å². The molecule has 8 nitrogen and oxygen atoms in total. The third kappa shape index (κ3) is 4.63. The molecule has 1 aromatic heterocycles. The van der Waals surface area contributed by atoms with Gasteiger partial charge in [-0.15, -0.1) is 10.2 Å². The zero-order valence-corrected chi connectivity index (χ0v) is 14.2. The quantitative estimate of drug-likeness (QED) is 0.822. The fourth-order valence-corrected chi connectivity index (χ4v) is 3.52. The van der Waals surface area contributed by atoms with Gasteiger partial charge in [-0.05, 0) is 37.6 Å². The van der Waals surface area contributed by atoms with Crippen LogP contribution >= 0.6 is 11.3 Å². The topological polar surface area (TPSA) is 110 Å². The lowest BCUT2D eigenvalue weighted by molar-refractivity contribution is 0.168. The maximum atomic E-state index is 12.3. The SMILES string of the molecule is CCOC(=O)Nc1ccc(S(=O)(=O)Nc2nnc(CC)s2)cc1. The van der Waals surface area contributed by atoms with Crippen LogP contribution in [0.5, 0.6) is 0 Å². The van der Waals surface area contributed by atoms with Gasteiger partial charge in [0.15, 0.2) is 0 Å². The van der Waals surface area contributed by atoms with Crippen molar-refractivity contribution in [1.82, 2.24) is 10.2 Å². The second-order valence-electron chi connectivity index (χ2n) is 4.33. The molecule has 0 radical (unpaired) electrons. The van der Waals surface area contributed by atoms with Crippen LogP contribution in [0.4, 0.5) is 15.6 Å². The van der Waals surface area contributed by atoms with Crippen LogP contribution in [0.25, 0.3) is 0 Å². The van der Waals surface area contributed by atoms with E-state index in [2.05, 4.69) is 20.2 Å². The number of rotatable bonds is 6. The average molecular weight is 356 g/mol. The van der Waals surface area contributed by atoms with E-state index in [4.69, 9.17) is 4.74 Å². The summed E-state index contributed by atoms with van der Waals surface area (Å²) in [6, 6.07) is 5.71. The number of ether oxygens (including phenoxy) is 1. The van der Waals surface area contributed by atoms with Crippen LogP contribution in [0, 0.1) is 0 Å². The molecule has 23 heavy (non-hydrogen) atoms. The highest BCUT2D eigenvalue weighted by Gasteiger charge is 2.16. The van der Waals surface area contributed by atoms with Crippen LogP contribution < -0.4 is 10.0 Å². The molecule has 1 heterocycles. The summed E-state index contributed by atoms with van der Waals surface area (Å²) >= 11 is 1.19. The molecule has 2 aromatic rings. The summed E-state index contributed by atoms with van der Waals surface area (Å²) in [7, 11) is -3.75. The van der Waals surface area contributed by atoms with Crippen molar-refractivity contribution in [2.75, 3.05) is 16.6 Å². The average Bonchev–Trinajstić information content (AvgIpc) is 2.95. The first kappa shape index (κ1) is 17.2. The molecule has 0 fully saturated rings. The Morgan fingerprint density at radius 3 is 2.48 bits per heavy atom. The smallest absolute Gasteiger partial charge is 0.411 e. The number of hydrogen-bond acceptors (Lipinski definition) is 7. The molecular formula is C13H16N4O4S2. The van der Waals surface area contributed by atoms with Crippen molar-refractivity contribution in [1.29, 1.82) is 0 Å². The van der Waals surface area contributed by atoms with Crippen LogP contribution in [-0.2, 0) is 21.2 Å². The van der Waals surface area contributed by atoms with Crippen LogP contribution in [0.3, 0.4) is 0 Å². The fraction of sp³-hybridized carbons (Fsp3) is 0.308. The highest BCUT2D eigenvalue weighted by molar-refractivity contribution is 7.93. The molecule has 10 heteroatoms. The summed E-state index contributed by atoms with van der Waals surface area (Å²) in [5.41, 5.74) is 0.437. The van der Waals surface area contributed by atoms with Crippen molar-refractivity contribution in [2.24, 2.45) is 0 Å². The summed E-state index contributed by atoms with van der Waals surface area (Å²) in [6.07, 6.45) is 0.0929. The van der Waals surface area contributed by atoms with Crippen LogP contribution in [0.15, 0.2) is 29.2 Å². The van der Waals surface area contributed by atoms with Gasteiger partial charge in [0.2, 0.25) is 5.13 Å². The number of nitrogens with zero attached hydrogens (tertiary/aromatic N) is 2. The van der Waals surface area contributed by atoms with E-state index in [1.807, 2.05) is 6.92 Å². The van der Waals surface area contributed by atoms with E-state index in [1.165, 1.54) is 35.6 Å². The Kier molecular flexibility index (Phi) is 5.50. The van der Waals surface area contributed by atoms with E-state index >= 15 is 0 Å². The highest BCUT2D eigenvalue weighted by Crippen LogP contribution is 2.21. The first-order chi connectivity index (χ1) is 10.9. The molecule has 0 bridgehead atoms. The standard InChI is InChI=1S/C13H16N4O4S2/c1-3-11-15-16-12(22-11)17-23(19,20)10-7-5-9(6-8-10)14-13(18)21-4-2/h5-8H,3-4H2,1-2H3,(H,14,18)(H,16,17). The third-order valence-electron chi connectivity index (χ3n) is 2.68. The second kappa shape index (κ2) is 7.38. The minimum atomic E-state index is -3.75. The number of aromatic nitrogens is 2. The van der Waals surface area contributed by atoms with E-state index in [-0.39, 0.29) is 16.6 Å². The molecule has 1 amide bonds. The molecule has 0 spiro atoms. The zero-order valence-electron chi connectivity index (χ0n) is 12.6. The van der Waals surface area contributed by atoms with Crippen LogP contribution in [0.1, 0.15) is 18.9 Å². The van der Waals surface area contributed by atoms with Crippen molar-refractivity contribution in [3.63, 3.8) is 0 Å². The van der Waals surface area contributed by atoms with Gasteiger partial charge in [-0.3, -0.25) is 10.0 Å². The second-order valence-corrected chi connectivity index (χ2v) is 7.07. The van der Waals surface area contributed by atoms with Gasteiger partial charge in [0.25, 0.3) is 10.0 Å². The molecule has 1 aromatic carbocycles. The number of carbonyl (C=O) groups excluding carboxylic acids is 1. The number of hydrogen-bond donors (Lipinski definition) is 2. The molecule has 0 aliphatic carbocycles. The van der Waals surface area contributed by atoms with Gasteiger partial charge >= 0.3 is 6.09 Å². The molecule has 2 rings (SSSR count). The first-order valence-electron chi connectivity index (χ1n) is 6.83. The predicted octanol–water partition coefficient (Wildman–Crippen LogP) is 2.47. The lowest BCUT2D eigenvalue weighted by Crippen LogP contribution is -2.14. The van der Waals surface area contributed by atoms with E-state index in [9.17, 15) is 13.2 Å². The molecule has 2 N–H and O–H groups in total. The largest absolute Gasteiger partial charge is 0.450 e. The maximum absolute atomic E-state index is 12.3. The number of aryl methyl sites for hydroxylation is 1. The third-order valence-corrected chi connectivity index (χ3v) is 5.14. The van der Waals surface area contributed by atoms with E-state index < -0.39 is 16.1 Å². The van der Waals surface area contributed by atoms with Crippen LogP contribution in [-0.4, -0.2) is 31.3 Å². The van der Waals surface area contributed by atoms with Gasteiger partial charge in [-0.25, -0.2) is 13.2 Å². The number of benzene rings is 1. The van der Waals surface area contributed by atoms with Gasteiger partial charge in [0.1, 0.15) is 5.01 Å². The Hall–Kier alpha value is -2.20. The summed E-state index contributed by atoms with van der Waals surface area (Å²) in [5.74, 6) is 0. The van der Waals surface area contributed by atoms with Gasteiger partial charge < -0.3 is 4.74 Å². The summed E-state index contributed by atoms with van der Waals surface area (Å²) in [5, 5.41) is 11.1. The molecule has 0 saturated heterocycles. The van der Waals surface area contributed by atoms with E-state index in [0.717, 1.165) is 5.01 Å². The molecule has 0 atom stereocenters. The Bertz CT molecular complexity index is 772. The number of carbonyl (C=O) groups is 1. The monoisotopic (exact) mass is 356 g/mol. The lowest BCUT2D eigenvalue weighted by Gasteiger charge is -2.07. The van der Waals surface area contributed by atoms with Crippen molar-refractivity contribution >= 4 is 38.3 Å². The molecule has 0 aliphatic heterocycles. The van der Waals surface area contributed by atoms with E-state index in [0.29, 0.717) is 12.1 Å². The van der Waals surface area contributed by atoms with Crippen molar-refractivity contribution in [2.45, 2.75) is 25.2 Å². The zero-order chi connectivity index (χ0) is 16.9. The molecular weight excluding hydrogens is 340 g/mol. The Morgan fingerprint density at radius 1 is 1.22 bits per heavy atom. The fourth-order valence-electron chi connectivity index (χ4n) is 1.61. The Morgan fingerprint density at radius 2 is 1.91 bits per heavy atom. The minimum Gasteiger partial charge on any atom is -0.450 e. The van der Waals surface area contributed by atoms with Gasteiger partial charge in [-0.2, -0.15) is 0 Å². The predicted molar refractivity (Wildman–Crippen MR) is 87.2 cm³/mol. The van der Waals surface area contributed by atoms with Crippen LogP contribution in [0.2, 0.25) is 0 Å². The summed E-state index contributed by atoms with van der Waals surface area (Å²) < 4.78 is 31.6. The van der Waals surface area contributed by atoms with Crippen molar-refractivity contribution in [3.8, 4) is 0 Å². The summed E-state index contributed by atoms with van der Waals surface area (Å²) in [4.78, 5) is 11.3. The molecule has 0 saturated carbocycles. The summed E-state index contributed by atoms with van der Waals surface area (Å²) in [6.45, 7) is 3.86. The molecule has 0 unspecified atom stereocenters. The Balaban J connectivity index is 2.09. The lowest BCUT2D eigenvalue weighted by atomic mass is 10.3. The molecule has 124 valence electrons. The van der Waals surface area contributed by atoms with E-state index in [1.54, 1.807) is 6.92 Å². The van der Waals surface area contributed by atoms with Gasteiger partial charge in [0, 0.05) is 5.69 Å². The number of amides is 1. The normalized spacial score (nSPS) is 11.0. The number of sulfonamides is 1. The number of nitrogens with one attached hydrogen (secondary N) is 2. The van der Waals surface area contributed by atoms with Crippen molar-refractivity contribution in [3.05, 3.63) is 29.3 Å². The minimum absolute atomic E-state index is 0.0557. The first-order valence-corrected chi connectivity index (χ1v) is 9.13. The Labute approximate surface area is 137 Å². The maximum Gasteiger partial charge on any atom is 0.411 e. The number of anilines is 2. The van der Waals surface area contributed by atoms with Crippen molar-refractivity contribution < 1.29 is 17.9 Å².